The molecule has 0 radical (unpaired) electrons. The molecule has 0 fully saturated rings. The second-order valence-corrected chi connectivity index (χ2v) is 7.52. The molecule has 0 saturated heterocycles. The van der Waals surface area contributed by atoms with Crippen molar-refractivity contribution in [2.75, 3.05) is 0 Å². The van der Waals surface area contributed by atoms with Crippen molar-refractivity contribution in [2.24, 2.45) is 0 Å². The number of thiophene rings is 1. The van der Waals surface area contributed by atoms with E-state index in [-0.39, 0.29) is 5.41 Å². The number of hydrogen-bond donors (Lipinski definition) is 0. The van der Waals surface area contributed by atoms with E-state index in [4.69, 9.17) is 11.6 Å². The Kier molecular flexibility index (Phi) is 2.79. The van der Waals surface area contributed by atoms with Gasteiger partial charge in [0.1, 0.15) is 0 Å². The first-order valence-corrected chi connectivity index (χ1v) is 8.27. The van der Waals surface area contributed by atoms with E-state index in [1.165, 1.54) is 32.0 Å². The summed E-state index contributed by atoms with van der Waals surface area (Å²) in [4.78, 5) is 2.74. The fourth-order valence-corrected chi connectivity index (χ4v) is 4.71. The normalized spacial score (nSPS) is 14.8. The molecule has 1 aromatic heterocycles. The molecule has 0 N–H and O–H groups in total. The third-order valence-electron chi connectivity index (χ3n) is 4.36. The van der Waals surface area contributed by atoms with Gasteiger partial charge in [0.15, 0.2) is 0 Å². The lowest BCUT2D eigenvalue weighted by molar-refractivity contribution is 0.662. The minimum atomic E-state index is 0.0269. The van der Waals surface area contributed by atoms with Gasteiger partial charge in [0.05, 0.1) is 0 Å². The first kappa shape index (κ1) is 13.1. The molecular weight excluding hydrogens is 296 g/mol. The maximum absolute atomic E-state index is 6.19. The monoisotopic (exact) mass is 310 g/mol. The summed E-state index contributed by atoms with van der Waals surface area (Å²) in [6, 6.07) is 19.2. The summed E-state index contributed by atoms with van der Waals surface area (Å²) in [5.74, 6) is 0. The topological polar surface area (TPSA) is 0 Å². The predicted octanol–water partition coefficient (Wildman–Crippen LogP) is 6.37. The van der Waals surface area contributed by atoms with Gasteiger partial charge < -0.3 is 0 Å². The van der Waals surface area contributed by atoms with Gasteiger partial charge >= 0.3 is 0 Å². The van der Waals surface area contributed by atoms with Crippen LogP contribution in [-0.2, 0) is 5.41 Å². The summed E-state index contributed by atoms with van der Waals surface area (Å²) in [7, 11) is 0. The summed E-state index contributed by atoms with van der Waals surface area (Å²) in [6.45, 7) is 4.57. The lowest BCUT2D eigenvalue weighted by atomic mass is 9.83. The molecule has 0 spiro atoms. The highest BCUT2D eigenvalue weighted by molar-refractivity contribution is 7.19. The van der Waals surface area contributed by atoms with Crippen molar-refractivity contribution in [1.82, 2.24) is 0 Å². The van der Waals surface area contributed by atoms with E-state index in [2.05, 4.69) is 62.4 Å². The highest BCUT2D eigenvalue weighted by Crippen LogP contribution is 2.54. The Bertz CT molecular complexity index is 828. The van der Waals surface area contributed by atoms with Gasteiger partial charge in [0, 0.05) is 20.2 Å². The Hall–Kier alpha value is -1.57. The highest BCUT2D eigenvalue weighted by Gasteiger charge is 2.37. The van der Waals surface area contributed by atoms with Crippen LogP contribution in [0.3, 0.4) is 0 Å². The molecule has 0 atom stereocenters. The second-order valence-electron chi connectivity index (χ2n) is 6.03. The van der Waals surface area contributed by atoms with Crippen molar-refractivity contribution in [3.8, 4) is 20.9 Å². The molecule has 2 heteroatoms. The predicted molar refractivity (Wildman–Crippen MR) is 92.3 cm³/mol. The molecule has 1 aliphatic carbocycles. The zero-order valence-electron chi connectivity index (χ0n) is 12.0. The Morgan fingerprint density at radius 3 is 2.43 bits per heavy atom. The van der Waals surface area contributed by atoms with Crippen LogP contribution >= 0.6 is 22.9 Å². The van der Waals surface area contributed by atoms with Crippen LogP contribution in [0.2, 0.25) is 5.02 Å². The summed E-state index contributed by atoms with van der Waals surface area (Å²) < 4.78 is 0. The first-order valence-electron chi connectivity index (χ1n) is 7.07. The van der Waals surface area contributed by atoms with Gasteiger partial charge in [-0.25, -0.2) is 0 Å². The van der Waals surface area contributed by atoms with E-state index >= 15 is 0 Å². The smallest absolute Gasteiger partial charge is 0.0409 e. The van der Waals surface area contributed by atoms with E-state index in [0.29, 0.717) is 0 Å². The van der Waals surface area contributed by atoms with Gasteiger partial charge in [-0.3, -0.25) is 0 Å². The molecule has 0 nitrogen and oxygen atoms in total. The van der Waals surface area contributed by atoms with Gasteiger partial charge in [-0.05, 0) is 40.5 Å². The van der Waals surface area contributed by atoms with Crippen molar-refractivity contribution < 1.29 is 0 Å². The molecule has 21 heavy (non-hydrogen) atoms. The second kappa shape index (κ2) is 4.46. The quantitative estimate of drug-likeness (QED) is 0.489. The SMILES string of the molecule is CC1(C)c2cc(Cl)ccc2-c2sc(-c3ccccc3)cc21. The number of rotatable bonds is 1. The van der Waals surface area contributed by atoms with Gasteiger partial charge in [-0.2, -0.15) is 0 Å². The molecule has 104 valence electrons. The fourth-order valence-electron chi connectivity index (χ4n) is 3.18. The van der Waals surface area contributed by atoms with Crippen molar-refractivity contribution in [3.05, 3.63) is 70.7 Å². The molecule has 3 aromatic rings. The maximum atomic E-state index is 6.19. The van der Waals surface area contributed by atoms with Crippen LogP contribution in [0.5, 0.6) is 0 Å². The summed E-state index contributed by atoms with van der Waals surface area (Å²) in [5, 5.41) is 0.820. The fraction of sp³-hybridized carbons (Fsp3) is 0.158. The van der Waals surface area contributed by atoms with Crippen LogP contribution in [0.1, 0.15) is 25.0 Å². The number of fused-ring (bicyclic) bond motifs is 3. The molecule has 1 heterocycles. The van der Waals surface area contributed by atoms with Crippen LogP contribution in [-0.4, -0.2) is 0 Å². The van der Waals surface area contributed by atoms with Crippen molar-refractivity contribution in [2.45, 2.75) is 19.3 Å². The average Bonchev–Trinajstić information content (AvgIpc) is 3.00. The van der Waals surface area contributed by atoms with Crippen molar-refractivity contribution >= 4 is 22.9 Å². The zero-order chi connectivity index (χ0) is 14.6. The largest absolute Gasteiger partial charge is 0.135 e. The first-order chi connectivity index (χ1) is 10.1. The minimum Gasteiger partial charge on any atom is -0.135 e. The summed E-state index contributed by atoms with van der Waals surface area (Å²) in [6.07, 6.45) is 0. The van der Waals surface area contributed by atoms with E-state index in [9.17, 15) is 0 Å². The van der Waals surface area contributed by atoms with Crippen LogP contribution in [0.25, 0.3) is 20.9 Å². The maximum Gasteiger partial charge on any atom is 0.0409 e. The van der Waals surface area contributed by atoms with Gasteiger partial charge in [0.25, 0.3) is 0 Å². The highest BCUT2D eigenvalue weighted by atomic mass is 35.5. The van der Waals surface area contributed by atoms with Gasteiger partial charge in [-0.15, -0.1) is 11.3 Å². The van der Waals surface area contributed by atoms with Gasteiger partial charge in [-0.1, -0.05) is 61.8 Å². The van der Waals surface area contributed by atoms with Crippen LogP contribution in [0.15, 0.2) is 54.6 Å². The van der Waals surface area contributed by atoms with E-state index in [1.807, 2.05) is 17.4 Å². The van der Waals surface area contributed by atoms with E-state index < -0.39 is 0 Å². The molecule has 0 aliphatic heterocycles. The van der Waals surface area contributed by atoms with Crippen LogP contribution < -0.4 is 0 Å². The molecule has 0 unspecified atom stereocenters. The summed E-state index contributed by atoms with van der Waals surface area (Å²) >= 11 is 8.07. The van der Waals surface area contributed by atoms with E-state index in [0.717, 1.165) is 5.02 Å². The minimum absolute atomic E-state index is 0.0269. The average molecular weight is 311 g/mol. The number of halogens is 1. The third kappa shape index (κ3) is 1.88. The molecule has 0 saturated carbocycles. The molecule has 0 bridgehead atoms. The van der Waals surface area contributed by atoms with E-state index in [1.54, 1.807) is 0 Å². The van der Waals surface area contributed by atoms with Crippen molar-refractivity contribution in [3.63, 3.8) is 0 Å². The standard InChI is InChI=1S/C19H15ClS/c1-19(2)15-10-13(20)8-9-14(15)18-16(19)11-17(21-18)12-6-4-3-5-7-12/h3-11H,1-2H3. The van der Waals surface area contributed by atoms with Gasteiger partial charge in [0.2, 0.25) is 0 Å². The Labute approximate surface area is 134 Å². The number of hydrogen-bond acceptors (Lipinski definition) is 1. The molecule has 2 aromatic carbocycles. The molecular formula is C19H15ClS. The molecule has 1 aliphatic rings. The lowest BCUT2D eigenvalue weighted by Gasteiger charge is -2.20. The Morgan fingerprint density at radius 1 is 0.905 bits per heavy atom. The zero-order valence-corrected chi connectivity index (χ0v) is 13.6. The summed E-state index contributed by atoms with van der Waals surface area (Å²) in [5.41, 5.74) is 5.42. The third-order valence-corrected chi connectivity index (χ3v) is 5.82. The Morgan fingerprint density at radius 2 is 1.67 bits per heavy atom. The molecule has 0 amide bonds. The lowest BCUT2D eigenvalue weighted by Crippen LogP contribution is -2.14. The van der Waals surface area contributed by atoms with Crippen LogP contribution in [0.4, 0.5) is 0 Å². The molecule has 4 rings (SSSR count). The number of benzene rings is 2. The van der Waals surface area contributed by atoms with Crippen molar-refractivity contribution in [1.29, 1.82) is 0 Å². The Balaban J connectivity index is 1.94. The van der Waals surface area contributed by atoms with Crippen LogP contribution in [0, 0.1) is 0 Å².